The van der Waals surface area contributed by atoms with Crippen molar-refractivity contribution in [2.75, 3.05) is 13.6 Å². The zero-order valence-corrected chi connectivity index (χ0v) is 21.2. The van der Waals surface area contributed by atoms with Crippen LogP contribution in [0.1, 0.15) is 37.7 Å². The molecule has 2 heterocycles. The van der Waals surface area contributed by atoms with Crippen molar-refractivity contribution in [1.82, 2.24) is 20.0 Å². The highest BCUT2D eigenvalue weighted by Gasteiger charge is 2.52. The van der Waals surface area contributed by atoms with Crippen molar-refractivity contribution in [2.24, 2.45) is 16.6 Å². The number of aliphatic imine (C=N–C) groups is 1. The second-order valence-electron chi connectivity index (χ2n) is 9.33. The molecule has 1 aromatic rings. The van der Waals surface area contributed by atoms with Crippen LogP contribution < -0.4 is 11.1 Å². The zero-order valence-electron chi connectivity index (χ0n) is 19.7. The summed E-state index contributed by atoms with van der Waals surface area (Å²) in [5.41, 5.74) is 6.01. The number of amides is 4. The van der Waals surface area contributed by atoms with Gasteiger partial charge in [0.2, 0.25) is 5.91 Å². The predicted molar refractivity (Wildman–Crippen MR) is 132 cm³/mol. The largest absolute Gasteiger partial charge is 0.481 e. The second-order valence-corrected chi connectivity index (χ2v) is 10.1. The first-order valence-corrected chi connectivity index (χ1v) is 12.5. The number of benzene rings is 1. The number of likely N-dealkylation sites (N-methyl/N-ethyl adjacent to an activating group) is 1. The van der Waals surface area contributed by atoms with Crippen molar-refractivity contribution < 1.29 is 24.3 Å². The maximum atomic E-state index is 13.6. The third-order valence-electron chi connectivity index (χ3n) is 6.87. The van der Waals surface area contributed by atoms with E-state index in [4.69, 9.17) is 28.9 Å². The molecule has 4 N–H and O–H groups in total. The van der Waals surface area contributed by atoms with Crippen molar-refractivity contribution in [3.63, 3.8) is 0 Å². The molecule has 0 radical (unpaired) electrons. The lowest BCUT2D eigenvalue weighted by molar-refractivity contribution is -0.143. The fourth-order valence-electron chi connectivity index (χ4n) is 4.97. The fourth-order valence-corrected chi connectivity index (χ4v) is 5.29. The Bertz CT molecular complexity index is 1110. The van der Waals surface area contributed by atoms with Gasteiger partial charge in [0.1, 0.15) is 0 Å². The number of primary amides is 1. The summed E-state index contributed by atoms with van der Waals surface area (Å²) < 4.78 is 0. The lowest BCUT2D eigenvalue weighted by Crippen LogP contribution is -2.65. The van der Waals surface area contributed by atoms with Crippen LogP contribution in [0.5, 0.6) is 0 Å². The number of carbonyl (C=O) groups is 4. The van der Waals surface area contributed by atoms with Gasteiger partial charge >= 0.3 is 12.0 Å². The number of carboxylic acid groups (broad SMARTS) is 1. The van der Waals surface area contributed by atoms with Gasteiger partial charge in [-0.3, -0.25) is 19.3 Å². The number of aliphatic carboxylic acids is 1. The van der Waals surface area contributed by atoms with E-state index in [-0.39, 0.29) is 25.6 Å². The standard InChI is InChI=1S/C23H28Cl2N6O5/c1-29-19-18(20(33)31(23(29)36)11-12-5-6-15(24)16(25)9-12)30(8-7-17(26)32)22(28-19)27-14-4-2-3-13(10-14)21(34)35/h5-6,9,13-14,18-19H,2-4,7-8,10-11H2,1H3,(H2,26,32)(H,27,28)(H,34,35). The number of urea groups is 1. The second kappa shape index (κ2) is 10.5. The number of nitrogens with one attached hydrogen (secondary N) is 1. The number of nitrogens with zero attached hydrogens (tertiary/aromatic N) is 4. The number of carbonyl (C=O) groups excluding carboxylic acids is 3. The van der Waals surface area contributed by atoms with E-state index >= 15 is 0 Å². The van der Waals surface area contributed by atoms with Crippen LogP contribution in [0.15, 0.2) is 23.2 Å². The number of guanidine groups is 1. The molecular weight excluding hydrogens is 511 g/mol. The molecule has 4 rings (SSSR count). The molecule has 4 amide bonds. The van der Waals surface area contributed by atoms with E-state index < -0.39 is 41.9 Å². The van der Waals surface area contributed by atoms with E-state index in [0.717, 1.165) is 17.7 Å². The number of rotatable bonds is 7. The Kier molecular flexibility index (Phi) is 7.60. The summed E-state index contributed by atoms with van der Waals surface area (Å²) in [7, 11) is 1.56. The van der Waals surface area contributed by atoms with Gasteiger partial charge in [0.05, 0.1) is 22.5 Å². The number of carboxylic acids is 1. The fraction of sp³-hybridized carbons (Fsp3) is 0.522. The quantitative estimate of drug-likeness (QED) is 0.479. The molecule has 11 nitrogen and oxygen atoms in total. The normalized spacial score (nSPS) is 26.1. The van der Waals surface area contributed by atoms with Crippen LogP contribution in [0.25, 0.3) is 0 Å². The smallest absolute Gasteiger partial charge is 0.328 e. The summed E-state index contributed by atoms with van der Waals surface area (Å²) >= 11 is 12.1. The van der Waals surface area contributed by atoms with E-state index in [1.807, 2.05) is 0 Å². The number of imide groups is 1. The predicted octanol–water partition coefficient (Wildman–Crippen LogP) is 1.86. The van der Waals surface area contributed by atoms with Crippen molar-refractivity contribution in [3.8, 4) is 0 Å². The Labute approximate surface area is 218 Å². The first-order valence-electron chi connectivity index (χ1n) is 11.7. The minimum atomic E-state index is -0.865. The van der Waals surface area contributed by atoms with Crippen molar-refractivity contribution in [2.45, 2.75) is 56.9 Å². The van der Waals surface area contributed by atoms with Crippen LogP contribution in [0, 0.1) is 5.92 Å². The van der Waals surface area contributed by atoms with Crippen molar-refractivity contribution in [3.05, 3.63) is 33.8 Å². The molecule has 3 aliphatic rings. The van der Waals surface area contributed by atoms with Crippen LogP contribution in [0.4, 0.5) is 4.79 Å². The summed E-state index contributed by atoms with van der Waals surface area (Å²) in [5.74, 6) is -1.96. The molecule has 1 aromatic carbocycles. The van der Waals surface area contributed by atoms with Gasteiger partial charge in [0, 0.05) is 26.1 Å². The maximum Gasteiger partial charge on any atom is 0.328 e. The number of nitrogens with two attached hydrogens (primary N) is 1. The number of halogens is 2. The number of hydrogen-bond donors (Lipinski definition) is 3. The van der Waals surface area contributed by atoms with Crippen molar-refractivity contribution >= 4 is 53.0 Å². The highest BCUT2D eigenvalue weighted by atomic mass is 35.5. The van der Waals surface area contributed by atoms with Gasteiger partial charge in [-0.1, -0.05) is 35.7 Å². The van der Waals surface area contributed by atoms with Gasteiger partial charge in [-0.05, 0) is 37.0 Å². The Morgan fingerprint density at radius 3 is 2.64 bits per heavy atom. The van der Waals surface area contributed by atoms with Gasteiger partial charge in [-0.15, -0.1) is 0 Å². The molecule has 0 spiro atoms. The molecule has 194 valence electrons. The summed E-state index contributed by atoms with van der Waals surface area (Å²) in [4.78, 5) is 58.7. The molecule has 2 fully saturated rings. The Balaban J connectivity index is 1.58. The zero-order chi connectivity index (χ0) is 26.1. The molecule has 2 aliphatic heterocycles. The average Bonchev–Trinajstić information content (AvgIpc) is 3.19. The Morgan fingerprint density at radius 1 is 1.22 bits per heavy atom. The molecule has 0 bridgehead atoms. The van der Waals surface area contributed by atoms with Gasteiger partial charge in [0.15, 0.2) is 18.2 Å². The third-order valence-corrected chi connectivity index (χ3v) is 7.61. The first kappa shape index (κ1) is 26.0. The van der Waals surface area contributed by atoms with E-state index in [0.29, 0.717) is 34.4 Å². The van der Waals surface area contributed by atoms with Crippen LogP contribution in [-0.4, -0.2) is 81.4 Å². The van der Waals surface area contributed by atoms with Gasteiger partial charge < -0.3 is 26.0 Å². The maximum absolute atomic E-state index is 13.6. The molecule has 0 aromatic heterocycles. The van der Waals surface area contributed by atoms with Gasteiger partial charge in [0.25, 0.3) is 5.91 Å². The highest BCUT2D eigenvalue weighted by Crippen LogP contribution is 2.31. The molecule has 4 atom stereocenters. The van der Waals surface area contributed by atoms with E-state index in [1.54, 1.807) is 30.1 Å². The summed E-state index contributed by atoms with van der Waals surface area (Å²) in [6.07, 6.45) is 1.68. The Hall–Kier alpha value is -3.05. The number of fused-ring (bicyclic) bond motifs is 1. The van der Waals surface area contributed by atoms with Crippen LogP contribution in [0.3, 0.4) is 0 Å². The number of hydrogen-bond acceptors (Lipinski definition) is 7. The average molecular weight is 539 g/mol. The lowest BCUT2D eigenvalue weighted by atomic mass is 9.86. The first-order chi connectivity index (χ1) is 17.1. The molecule has 4 unspecified atom stereocenters. The van der Waals surface area contributed by atoms with E-state index in [9.17, 15) is 24.3 Å². The van der Waals surface area contributed by atoms with Gasteiger partial charge in [-0.25, -0.2) is 9.79 Å². The van der Waals surface area contributed by atoms with E-state index in [2.05, 4.69) is 10.3 Å². The minimum absolute atomic E-state index is 0.0164. The lowest BCUT2D eigenvalue weighted by Gasteiger charge is -2.41. The molecule has 36 heavy (non-hydrogen) atoms. The van der Waals surface area contributed by atoms with Crippen LogP contribution in [-0.2, 0) is 20.9 Å². The molecule has 1 saturated carbocycles. The molecule has 13 heteroatoms. The minimum Gasteiger partial charge on any atom is -0.481 e. The van der Waals surface area contributed by atoms with Crippen LogP contribution >= 0.6 is 23.2 Å². The van der Waals surface area contributed by atoms with Crippen LogP contribution in [0.2, 0.25) is 10.0 Å². The van der Waals surface area contributed by atoms with Gasteiger partial charge in [-0.2, -0.15) is 0 Å². The topological polar surface area (TPSA) is 149 Å². The molecular formula is C23H28Cl2N6O5. The monoisotopic (exact) mass is 538 g/mol. The van der Waals surface area contributed by atoms with E-state index in [1.165, 1.54) is 4.90 Å². The highest BCUT2D eigenvalue weighted by molar-refractivity contribution is 6.42. The Morgan fingerprint density at radius 2 is 1.97 bits per heavy atom. The molecule has 1 saturated heterocycles. The summed E-state index contributed by atoms with van der Waals surface area (Å²) in [6.45, 7) is 0.100. The summed E-state index contributed by atoms with van der Waals surface area (Å²) in [5, 5.41) is 13.4. The molecule has 1 aliphatic carbocycles. The SMILES string of the molecule is CN1C(=O)N(Cc2ccc(Cl)c(Cl)c2)C(=O)C2C1N=C(NC1CCCC(C(=O)O)C1)N2CCC(N)=O. The third kappa shape index (κ3) is 5.22. The van der Waals surface area contributed by atoms with Crippen molar-refractivity contribution in [1.29, 1.82) is 0 Å². The summed E-state index contributed by atoms with van der Waals surface area (Å²) in [6, 6.07) is 3.33.